The maximum absolute atomic E-state index is 13.4. The molecular formula is C23H24ClFN2O5. The molecule has 32 heavy (non-hydrogen) atoms. The first-order chi connectivity index (χ1) is 15.3. The van der Waals surface area contributed by atoms with E-state index in [1.807, 2.05) is 0 Å². The van der Waals surface area contributed by atoms with Gasteiger partial charge < -0.3 is 20.5 Å². The minimum Gasteiger partial charge on any atom is -0.490 e. The summed E-state index contributed by atoms with van der Waals surface area (Å²) < 4.78 is 19.3. The lowest BCUT2D eigenvalue weighted by Gasteiger charge is -2.26. The molecule has 1 saturated carbocycles. The Morgan fingerprint density at radius 3 is 2.06 bits per heavy atom. The van der Waals surface area contributed by atoms with Gasteiger partial charge in [-0.1, -0.05) is 11.6 Å². The number of aliphatic carboxylic acids is 1. The van der Waals surface area contributed by atoms with Crippen molar-refractivity contribution in [2.45, 2.75) is 31.8 Å². The van der Waals surface area contributed by atoms with Gasteiger partial charge in [0.25, 0.3) is 11.8 Å². The summed E-state index contributed by atoms with van der Waals surface area (Å²) in [6.07, 6.45) is 2.55. The first kappa shape index (κ1) is 23.5. The molecule has 2 aromatic carbocycles. The average molecular weight is 463 g/mol. The molecule has 0 aromatic heterocycles. The summed E-state index contributed by atoms with van der Waals surface area (Å²) in [5, 5.41) is 14.3. The molecule has 2 aromatic rings. The van der Waals surface area contributed by atoms with Crippen LogP contribution in [0.2, 0.25) is 5.02 Å². The van der Waals surface area contributed by atoms with E-state index in [-0.39, 0.29) is 41.6 Å². The molecule has 7 nitrogen and oxygen atoms in total. The fourth-order valence-electron chi connectivity index (χ4n) is 3.50. The van der Waals surface area contributed by atoms with Crippen molar-refractivity contribution in [2.75, 3.05) is 13.1 Å². The van der Waals surface area contributed by atoms with E-state index < -0.39 is 17.7 Å². The molecule has 1 aliphatic rings. The first-order valence-electron chi connectivity index (χ1n) is 10.3. The average Bonchev–Trinajstić information content (AvgIpc) is 2.79. The van der Waals surface area contributed by atoms with Crippen molar-refractivity contribution < 1.29 is 28.6 Å². The van der Waals surface area contributed by atoms with E-state index in [2.05, 4.69) is 10.6 Å². The van der Waals surface area contributed by atoms with Crippen molar-refractivity contribution in [3.63, 3.8) is 0 Å². The zero-order chi connectivity index (χ0) is 23.1. The van der Waals surface area contributed by atoms with Gasteiger partial charge in [-0.25, -0.2) is 4.39 Å². The number of benzene rings is 2. The van der Waals surface area contributed by atoms with Crippen LogP contribution in [0.15, 0.2) is 42.5 Å². The maximum Gasteiger partial charge on any atom is 0.306 e. The van der Waals surface area contributed by atoms with Crippen molar-refractivity contribution in [3.8, 4) is 5.75 Å². The normalized spacial score (nSPS) is 17.9. The molecule has 1 aliphatic carbocycles. The van der Waals surface area contributed by atoms with E-state index in [0.717, 1.165) is 6.07 Å². The third-order valence-electron chi connectivity index (χ3n) is 5.32. The summed E-state index contributed by atoms with van der Waals surface area (Å²) in [6.45, 7) is 0.376. The standard InChI is InChI=1S/C23H24ClFN2O5/c24-19-10-5-16(13-20(19)25)22(29)27-12-11-26-21(28)14-1-6-17(7-2-14)32-18-8-3-15(4-9-18)23(30)31/h1-2,5-7,10,13,15,18H,3-4,8-9,11-12H2,(H,26,28)(H,27,29)(H,30,31)/t15-,18+. The van der Waals surface area contributed by atoms with Crippen LogP contribution in [0.25, 0.3) is 0 Å². The SMILES string of the molecule is O=C(NCCNC(=O)c1ccc(Cl)c(F)c1)c1ccc(O[C@H]2CC[C@@H](C(=O)O)CC2)cc1. The summed E-state index contributed by atoms with van der Waals surface area (Å²) in [5.74, 6) is -1.86. The van der Waals surface area contributed by atoms with Gasteiger partial charge in [0, 0.05) is 24.2 Å². The van der Waals surface area contributed by atoms with Crippen LogP contribution in [0, 0.1) is 11.7 Å². The third kappa shape index (κ3) is 6.43. The number of carboxylic acid groups (broad SMARTS) is 1. The second kappa shape index (κ2) is 10.9. The maximum atomic E-state index is 13.4. The van der Waals surface area contributed by atoms with Crippen LogP contribution in [-0.2, 0) is 4.79 Å². The van der Waals surface area contributed by atoms with Crippen molar-refractivity contribution in [3.05, 3.63) is 64.4 Å². The van der Waals surface area contributed by atoms with Gasteiger partial charge in [-0.2, -0.15) is 0 Å². The Morgan fingerprint density at radius 2 is 1.50 bits per heavy atom. The lowest BCUT2D eigenvalue weighted by molar-refractivity contribution is -0.143. The number of amides is 2. The Balaban J connectivity index is 1.39. The first-order valence-corrected chi connectivity index (χ1v) is 10.7. The Morgan fingerprint density at radius 1 is 0.938 bits per heavy atom. The molecule has 2 amide bonds. The molecule has 1 fully saturated rings. The summed E-state index contributed by atoms with van der Waals surface area (Å²) in [7, 11) is 0. The number of halogens is 2. The van der Waals surface area contributed by atoms with E-state index in [1.165, 1.54) is 12.1 Å². The number of hydrogen-bond donors (Lipinski definition) is 3. The van der Waals surface area contributed by atoms with Gasteiger partial charge in [-0.05, 0) is 68.1 Å². The van der Waals surface area contributed by atoms with Gasteiger partial charge in [0.15, 0.2) is 0 Å². The van der Waals surface area contributed by atoms with Crippen LogP contribution < -0.4 is 15.4 Å². The van der Waals surface area contributed by atoms with Crippen molar-refractivity contribution in [1.82, 2.24) is 10.6 Å². The van der Waals surface area contributed by atoms with Gasteiger partial charge in [0.1, 0.15) is 11.6 Å². The minimum atomic E-state index is -0.753. The number of carboxylic acids is 1. The number of carbonyl (C=O) groups is 3. The second-order valence-electron chi connectivity index (χ2n) is 7.59. The monoisotopic (exact) mass is 462 g/mol. The van der Waals surface area contributed by atoms with E-state index in [9.17, 15) is 18.8 Å². The summed E-state index contributed by atoms with van der Waals surface area (Å²) in [5.41, 5.74) is 0.586. The highest BCUT2D eigenvalue weighted by molar-refractivity contribution is 6.30. The van der Waals surface area contributed by atoms with Crippen LogP contribution in [-0.4, -0.2) is 42.1 Å². The van der Waals surface area contributed by atoms with Gasteiger partial charge in [0.05, 0.1) is 17.0 Å². The predicted octanol–water partition coefficient (Wildman–Crippen LogP) is 3.66. The van der Waals surface area contributed by atoms with Crippen molar-refractivity contribution in [2.24, 2.45) is 5.92 Å². The Hall–Kier alpha value is -3.13. The topological polar surface area (TPSA) is 105 Å². The Labute approximate surface area is 189 Å². The summed E-state index contributed by atoms with van der Waals surface area (Å²) in [6, 6.07) is 10.5. The number of rotatable bonds is 8. The van der Waals surface area contributed by atoms with Gasteiger partial charge >= 0.3 is 5.97 Å². The second-order valence-corrected chi connectivity index (χ2v) is 8.00. The summed E-state index contributed by atoms with van der Waals surface area (Å²) in [4.78, 5) is 35.3. The number of carbonyl (C=O) groups excluding carboxylic acids is 2. The summed E-state index contributed by atoms with van der Waals surface area (Å²) >= 11 is 5.60. The quantitative estimate of drug-likeness (QED) is 0.519. The molecule has 0 unspecified atom stereocenters. The lowest BCUT2D eigenvalue weighted by atomic mass is 9.87. The largest absolute Gasteiger partial charge is 0.490 e. The lowest BCUT2D eigenvalue weighted by Crippen LogP contribution is -2.34. The number of ether oxygens (including phenoxy) is 1. The fourth-order valence-corrected chi connectivity index (χ4v) is 3.62. The molecule has 0 atom stereocenters. The molecule has 3 N–H and O–H groups in total. The Bertz CT molecular complexity index is 975. The smallest absolute Gasteiger partial charge is 0.306 e. The highest BCUT2D eigenvalue weighted by Crippen LogP contribution is 2.28. The minimum absolute atomic E-state index is 0.0250. The molecule has 0 aliphatic heterocycles. The van der Waals surface area contributed by atoms with Gasteiger partial charge in [-0.15, -0.1) is 0 Å². The zero-order valence-electron chi connectivity index (χ0n) is 17.3. The number of nitrogens with one attached hydrogen (secondary N) is 2. The van der Waals surface area contributed by atoms with Gasteiger partial charge in [-0.3, -0.25) is 14.4 Å². The van der Waals surface area contributed by atoms with Crippen LogP contribution in [0.3, 0.4) is 0 Å². The molecule has 0 saturated heterocycles. The highest BCUT2D eigenvalue weighted by Gasteiger charge is 2.26. The highest BCUT2D eigenvalue weighted by atomic mass is 35.5. The number of hydrogen-bond acceptors (Lipinski definition) is 4. The molecule has 9 heteroatoms. The molecule has 0 heterocycles. The molecule has 0 spiro atoms. The molecule has 3 rings (SSSR count). The predicted molar refractivity (Wildman–Crippen MR) is 117 cm³/mol. The van der Waals surface area contributed by atoms with Crippen molar-refractivity contribution >= 4 is 29.4 Å². The van der Waals surface area contributed by atoms with Crippen LogP contribution >= 0.6 is 11.6 Å². The molecule has 0 radical (unpaired) electrons. The van der Waals surface area contributed by atoms with Crippen molar-refractivity contribution in [1.29, 1.82) is 0 Å². The third-order valence-corrected chi connectivity index (χ3v) is 5.63. The van der Waals surface area contributed by atoms with Crippen LogP contribution in [0.4, 0.5) is 4.39 Å². The van der Waals surface area contributed by atoms with E-state index in [1.54, 1.807) is 24.3 Å². The molecular weight excluding hydrogens is 439 g/mol. The van der Waals surface area contributed by atoms with E-state index in [0.29, 0.717) is 37.0 Å². The van der Waals surface area contributed by atoms with E-state index in [4.69, 9.17) is 21.4 Å². The van der Waals surface area contributed by atoms with Crippen LogP contribution in [0.5, 0.6) is 5.75 Å². The van der Waals surface area contributed by atoms with Gasteiger partial charge in [0.2, 0.25) is 0 Å². The molecule has 170 valence electrons. The van der Waals surface area contributed by atoms with E-state index >= 15 is 0 Å². The van der Waals surface area contributed by atoms with Crippen LogP contribution in [0.1, 0.15) is 46.4 Å². The zero-order valence-corrected chi connectivity index (χ0v) is 18.0. The Kier molecular flexibility index (Phi) is 8.05. The fraction of sp³-hybridized carbons (Fsp3) is 0.348. The molecule has 0 bridgehead atoms.